The van der Waals surface area contributed by atoms with Crippen LogP contribution >= 0.6 is 11.8 Å². The molecule has 0 amide bonds. The van der Waals surface area contributed by atoms with Crippen LogP contribution in [0.2, 0.25) is 0 Å². The largest absolute Gasteiger partial charge is 0.317 e. The van der Waals surface area contributed by atoms with Crippen molar-refractivity contribution in [3.05, 3.63) is 20.7 Å². The van der Waals surface area contributed by atoms with E-state index in [1.54, 1.807) is 18.8 Å². The van der Waals surface area contributed by atoms with Crippen LogP contribution in [-0.2, 0) is 13.6 Å². The fourth-order valence-corrected chi connectivity index (χ4v) is 3.26. The Morgan fingerprint density at radius 3 is 2.62 bits per heavy atom. The van der Waals surface area contributed by atoms with E-state index in [1.165, 1.54) is 17.4 Å². The first-order valence-electron chi connectivity index (χ1n) is 7.42. The number of hydrogen-bond donors (Lipinski definition) is 1. The lowest BCUT2D eigenvalue weighted by molar-refractivity contribution is 0.632. The van der Waals surface area contributed by atoms with Gasteiger partial charge in [0.15, 0.2) is 16.5 Å². The van der Waals surface area contributed by atoms with Gasteiger partial charge in [-0.25, -0.2) is 4.98 Å². The summed E-state index contributed by atoms with van der Waals surface area (Å²) < 4.78 is 3.34. The van der Waals surface area contributed by atoms with E-state index in [0.717, 1.165) is 30.3 Å². The molecule has 0 saturated carbocycles. The summed E-state index contributed by atoms with van der Waals surface area (Å²) in [5, 5.41) is 0.875. The average molecular weight is 310 g/mol. The third-order valence-electron chi connectivity index (χ3n) is 3.39. The number of aromatic nitrogens is 4. The number of imidazole rings is 1. The molecule has 0 aliphatic carbocycles. The molecule has 6 nitrogen and oxygen atoms in total. The Kier molecular flexibility index (Phi) is 5.27. The maximum atomic E-state index is 11.7. The van der Waals surface area contributed by atoms with Crippen LogP contribution in [0.15, 0.2) is 14.7 Å². The minimum absolute atomic E-state index is 0.547. The summed E-state index contributed by atoms with van der Waals surface area (Å²) in [4.78, 5) is 30.6. The van der Waals surface area contributed by atoms with E-state index in [1.807, 2.05) is 4.57 Å². The summed E-state index contributed by atoms with van der Waals surface area (Å²) in [5.74, 6) is 0.999. The fourth-order valence-electron chi connectivity index (χ4n) is 2.24. The molecular weight excluding hydrogens is 288 g/mol. The minimum atomic E-state index is -0.593. The molecule has 116 valence electrons. The number of fused-ring (bicyclic) bond motifs is 1. The van der Waals surface area contributed by atoms with Crippen LogP contribution in [0.1, 0.15) is 39.5 Å². The van der Waals surface area contributed by atoms with Gasteiger partial charge >= 0.3 is 11.1 Å². The van der Waals surface area contributed by atoms with E-state index in [4.69, 9.17) is 0 Å². The maximum Gasteiger partial charge on any atom is 0.317 e. The van der Waals surface area contributed by atoms with Gasteiger partial charge < -0.3 is 9.55 Å². The monoisotopic (exact) mass is 310 g/mol. The molecule has 2 heterocycles. The molecule has 0 aliphatic heterocycles. The number of aromatic amines is 1. The number of thioether (sulfide) groups is 1. The fraction of sp³-hybridized carbons (Fsp3) is 0.643. The van der Waals surface area contributed by atoms with Gasteiger partial charge in [-0.2, -0.15) is 0 Å². The maximum absolute atomic E-state index is 11.7. The quantitative estimate of drug-likeness (QED) is 0.483. The first-order valence-corrected chi connectivity index (χ1v) is 8.41. The van der Waals surface area contributed by atoms with Crippen molar-refractivity contribution in [2.45, 2.75) is 51.2 Å². The molecular formula is C14H22N4O2S. The van der Waals surface area contributed by atoms with Gasteiger partial charge in [0.05, 0.1) is 0 Å². The normalized spacial score (nSPS) is 11.4. The number of nitrogens with zero attached hydrogens (tertiary/aromatic N) is 3. The van der Waals surface area contributed by atoms with Gasteiger partial charge in [0.2, 0.25) is 0 Å². The van der Waals surface area contributed by atoms with Crippen LogP contribution in [0.3, 0.4) is 0 Å². The van der Waals surface area contributed by atoms with Crippen molar-refractivity contribution in [2.75, 3.05) is 5.75 Å². The molecule has 2 rings (SSSR count). The standard InChI is InChI=1S/C14H22N4O2S/c1-4-6-7-9-21-14-16-10-11(18(14)8-5-2)15-12(19)13(20)17(10)3/h4-9H2,1-3H3,(H,15,19). The SMILES string of the molecule is CCCCCSc1nc2c([nH]c(=O)c(=O)n2C)n1CCC. The number of aryl methyl sites for hydroxylation is 2. The lowest BCUT2D eigenvalue weighted by Crippen LogP contribution is -2.35. The Balaban J connectivity index is 2.44. The molecule has 21 heavy (non-hydrogen) atoms. The van der Waals surface area contributed by atoms with Crippen LogP contribution in [0.25, 0.3) is 11.3 Å². The third-order valence-corrected chi connectivity index (χ3v) is 4.45. The number of rotatable bonds is 7. The topological polar surface area (TPSA) is 72.7 Å². The Morgan fingerprint density at radius 2 is 1.95 bits per heavy atom. The van der Waals surface area contributed by atoms with E-state index in [-0.39, 0.29) is 0 Å². The number of nitrogens with one attached hydrogen (secondary N) is 1. The average Bonchev–Trinajstić information content (AvgIpc) is 2.80. The van der Waals surface area contributed by atoms with Crippen molar-refractivity contribution in [1.29, 1.82) is 0 Å². The number of unbranched alkanes of at least 4 members (excludes halogenated alkanes) is 2. The van der Waals surface area contributed by atoms with E-state index in [2.05, 4.69) is 23.8 Å². The zero-order valence-corrected chi connectivity index (χ0v) is 13.6. The molecule has 0 spiro atoms. The molecule has 7 heteroatoms. The lowest BCUT2D eigenvalue weighted by atomic mass is 10.3. The Hall–Kier alpha value is -1.50. The molecule has 0 radical (unpaired) electrons. The van der Waals surface area contributed by atoms with Crippen molar-refractivity contribution in [2.24, 2.45) is 7.05 Å². The molecule has 0 aliphatic rings. The molecule has 2 aromatic heterocycles. The van der Waals surface area contributed by atoms with Gasteiger partial charge in [-0.1, -0.05) is 38.5 Å². The number of hydrogen-bond acceptors (Lipinski definition) is 4. The predicted octanol–water partition coefficient (Wildman–Crippen LogP) is 2.12. The molecule has 0 bridgehead atoms. The number of H-pyrrole nitrogens is 1. The van der Waals surface area contributed by atoms with Crippen molar-refractivity contribution in [3.63, 3.8) is 0 Å². The highest BCUT2D eigenvalue weighted by Crippen LogP contribution is 2.23. The summed E-state index contributed by atoms with van der Waals surface area (Å²) >= 11 is 1.69. The van der Waals surface area contributed by atoms with Crippen LogP contribution < -0.4 is 11.1 Å². The third kappa shape index (κ3) is 3.23. The minimum Gasteiger partial charge on any atom is -0.304 e. The molecule has 0 saturated heterocycles. The van der Waals surface area contributed by atoms with Gasteiger partial charge in [-0.3, -0.25) is 14.2 Å². The smallest absolute Gasteiger partial charge is 0.304 e. The molecule has 1 N–H and O–H groups in total. The van der Waals surface area contributed by atoms with Crippen molar-refractivity contribution >= 4 is 23.1 Å². The Labute approximate surface area is 127 Å². The molecule has 0 aromatic carbocycles. The highest BCUT2D eigenvalue weighted by Gasteiger charge is 2.15. The van der Waals surface area contributed by atoms with Crippen molar-refractivity contribution in [1.82, 2.24) is 19.1 Å². The van der Waals surface area contributed by atoms with Gasteiger partial charge in [0.1, 0.15) is 0 Å². The zero-order chi connectivity index (χ0) is 15.4. The van der Waals surface area contributed by atoms with Gasteiger partial charge in [-0.05, 0) is 12.8 Å². The van der Waals surface area contributed by atoms with Crippen LogP contribution in [0, 0.1) is 0 Å². The molecule has 0 atom stereocenters. The Bertz CT molecular complexity index is 729. The van der Waals surface area contributed by atoms with Gasteiger partial charge in [-0.15, -0.1) is 0 Å². The van der Waals surface area contributed by atoms with E-state index >= 15 is 0 Å². The first-order chi connectivity index (χ1) is 10.1. The highest BCUT2D eigenvalue weighted by molar-refractivity contribution is 7.99. The summed E-state index contributed by atoms with van der Waals surface area (Å²) in [5.41, 5.74) is 0.0314. The van der Waals surface area contributed by atoms with Crippen LogP contribution in [-0.4, -0.2) is 24.9 Å². The van der Waals surface area contributed by atoms with Gasteiger partial charge in [0, 0.05) is 19.3 Å². The lowest BCUT2D eigenvalue weighted by Gasteiger charge is -2.06. The second-order valence-electron chi connectivity index (χ2n) is 5.09. The molecule has 2 aromatic rings. The van der Waals surface area contributed by atoms with Crippen LogP contribution in [0.4, 0.5) is 0 Å². The van der Waals surface area contributed by atoms with E-state index < -0.39 is 11.1 Å². The highest BCUT2D eigenvalue weighted by atomic mass is 32.2. The van der Waals surface area contributed by atoms with Crippen LogP contribution in [0.5, 0.6) is 0 Å². The second-order valence-corrected chi connectivity index (χ2v) is 6.15. The zero-order valence-electron chi connectivity index (χ0n) is 12.8. The predicted molar refractivity (Wildman–Crippen MR) is 86.1 cm³/mol. The molecule has 0 unspecified atom stereocenters. The first kappa shape index (κ1) is 15.9. The second kappa shape index (κ2) is 6.98. The molecule has 0 fully saturated rings. The van der Waals surface area contributed by atoms with Crippen molar-refractivity contribution in [3.8, 4) is 0 Å². The van der Waals surface area contributed by atoms with Crippen molar-refractivity contribution < 1.29 is 0 Å². The summed E-state index contributed by atoms with van der Waals surface area (Å²) in [6, 6.07) is 0. The Morgan fingerprint density at radius 1 is 1.19 bits per heavy atom. The van der Waals surface area contributed by atoms with E-state index in [9.17, 15) is 9.59 Å². The summed E-state index contributed by atoms with van der Waals surface area (Å²) in [6.45, 7) is 5.04. The van der Waals surface area contributed by atoms with E-state index in [0.29, 0.717) is 11.3 Å². The van der Waals surface area contributed by atoms with Gasteiger partial charge in [0.25, 0.3) is 0 Å². The summed E-state index contributed by atoms with van der Waals surface area (Å²) in [7, 11) is 1.59. The summed E-state index contributed by atoms with van der Waals surface area (Å²) in [6.07, 6.45) is 4.48.